The van der Waals surface area contributed by atoms with Crippen LogP contribution in [-0.4, -0.2) is 40.4 Å². The maximum atomic E-state index is 12.5. The first kappa shape index (κ1) is 19.0. The lowest BCUT2D eigenvalue weighted by Gasteiger charge is -2.27. The summed E-state index contributed by atoms with van der Waals surface area (Å²) in [6.45, 7) is 5.62. The number of fused-ring (bicyclic) bond motifs is 1. The summed E-state index contributed by atoms with van der Waals surface area (Å²) >= 11 is 0. The summed E-state index contributed by atoms with van der Waals surface area (Å²) < 4.78 is 0. The van der Waals surface area contributed by atoms with Crippen LogP contribution in [-0.2, 0) is 17.8 Å². The molecule has 2 N–H and O–H groups in total. The first-order valence-corrected chi connectivity index (χ1v) is 10.8. The lowest BCUT2D eigenvalue weighted by Crippen LogP contribution is -2.34. The van der Waals surface area contributed by atoms with Gasteiger partial charge in [-0.15, -0.1) is 0 Å². The van der Waals surface area contributed by atoms with Gasteiger partial charge in [-0.25, -0.2) is 9.97 Å². The van der Waals surface area contributed by atoms with E-state index in [0.717, 1.165) is 54.3 Å². The number of rotatable bonds is 4. The van der Waals surface area contributed by atoms with E-state index in [0.29, 0.717) is 30.6 Å². The van der Waals surface area contributed by atoms with E-state index in [9.17, 15) is 9.59 Å². The SMILES string of the molecule is C[C@@H]1CC[C@@H](C)N1c1nc2c(c(Cc3ccc([C@H]4CCNC4=O)cc3)n1)C(=O)NC2. The fourth-order valence-corrected chi connectivity index (χ4v) is 4.99. The third-order valence-electron chi connectivity index (χ3n) is 6.68. The largest absolute Gasteiger partial charge is 0.356 e. The number of amides is 2. The lowest BCUT2D eigenvalue weighted by molar-refractivity contribution is -0.120. The van der Waals surface area contributed by atoms with E-state index in [1.165, 1.54) is 0 Å². The van der Waals surface area contributed by atoms with Crippen LogP contribution >= 0.6 is 0 Å². The van der Waals surface area contributed by atoms with Crippen LogP contribution in [0.4, 0.5) is 5.95 Å². The number of hydrogen-bond donors (Lipinski definition) is 2. The van der Waals surface area contributed by atoms with Crippen LogP contribution in [0, 0.1) is 0 Å². The van der Waals surface area contributed by atoms with E-state index in [2.05, 4.69) is 29.4 Å². The van der Waals surface area contributed by atoms with Crippen LogP contribution in [0.5, 0.6) is 0 Å². The molecule has 0 radical (unpaired) electrons. The van der Waals surface area contributed by atoms with Crippen molar-refractivity contribution in [3.63, 3.8) is 0 Å². The average Bonchev–Trinajstić information content (AvgIpc) is 3.42. The van der Waals surface area contributed by atoms with Crippen LogP contribution in [0.1, 0.15) is 71.9 Å². The minimum atomic E-state index is -0.0895. The molecule has 3 aliphatic rings. The number of hydrogen-bond acceptors (Lipinski definition) is 5. The zero-order chi connectivity index (χ0) is 20.8. The summed E-state index contributed by atoms with van der Waals surface area (Å²) in [4.78, 5) is 36.3. The van der Waals surface area contributed by atoms with E-state index >= 15 is 0 Å². The van der Waals surface area contributed by atoms with Gasteiger partial charge in [0.05, 0.1) is 29.4 Å². The fraction of sp³-hybridized carbons (Fsp3) is 0.478. The first-order chi connectivity index (χ1) is 14.5. The number of carbonyl (C=O) groups excluding carboxylic acids is 2. The van der Waals surface area contributed by atoms with Gasteiger partial charge in [0.1, 0.15) is 0 Å². The Labute approximate surface area is 176 Å². The Morgan fingerprint density at radius 3 is 2.40 bits per heavy atom. The maximum Gasteiger partial charge on any atom is 0.255 e. The third kappa shape index (κ3) is 3.22. The highest BCUT2D eigenvalue weighted by Crippen LogP contribution is 2.31. The molecule has 2 amide bonds. The molecular formula is C23H27N5O2. The molecule has 3 atom stereocenters. The Morgan fingerprint density at radius 1 is 1.00 bits per heavy atom. The van der Waals surface area contributed by atoms with Gasteiger partial charge >= 0.3 is 0 Å². The number of benzene rings is 1. The fourth-order valence-electron chi connectivity index (χ4n) is 4.99. The number of nitrogens with one attached hydrogen (secondary N) is 2. The van der Waals surface area contributed by atoms with Crippen molar-refractivity contribution in [2.75, 3.05) is 11.4 Å². The van der Waals surface area contributed by atoms with Crippen molar-refractivity contribution < 1.29 is 9.59 Å². The summed E-state index contributed by atoms with van der Waals surface area (Å²) in [7, 11) is 0. The van der Waals surface area contributed by atoms with Crippen molar-refractivity contribution in [3.8, 4) is 0 Å². The second-order valence-electron chi connectivity index (χ2n) is 8.71. The van der Waals surface area contributed by atoms with Gasteiger partial charge in [0, 0.05) is 25.0 Å². The lowest BCUT2D eigenvalue weighted by atomic mass is 9.95. The van der Waals surface area contributed by atoms with Gasteiger partial charge in [-0.1, -0.05) is 24.3 Å². The smallest absolute Gasteiger partial charge is 0.255 e. The van der Waals surface area contributed by atoms with Gasteiger partial charge in [-0.05, 0) is 44.2 Å². The van der Waals surface area contributed by atoms with Crippen molar-refractivity contribution >= 4 is 17.8 Å². The highest BCUT2D eigenvalue weighted by molar-refractivity contribution is 5.99. The zero-order valence-corrected chi connectivity index (χ0v) is 17.4. The molecule has 1 aromatic carbocycles. The molecule has 7 heteroatoms. The molecule has 2 saturated heterocycles. The number of carbonyl (C=O) groups is 2. The van der Waals surface area contributed by atoms with Crippen molar-refractivity contribution in [2.45, 2.75) is 64.1 Å². The molecular weight excluding hydrogens is 378 g/mol. The predicted molar refractivity (Wildman–Crippen MR) is 113 cm³/mol. The van der Waals surface area contributed by atoms with E-state index in [1.54, 1.807) is 0 Å². The second kappa shape index (κ2) is 7.38. The van der Waals surface area contributed by atoms with Crippen molar-refractivity contribution in [3.05, 3.63) is 52.3 Å². The molecule has 2 fully saturated rings. The number of anilines is 1. The van der Waals surface area contributed by atoms with Gasteiger partial charge in [-0.2, -0.15) is 0 Å². The minimum Gasteiger partial charge on any atom is -0.356 e. The quantitative estimate of drug-likeness (QED) is 0.815. The Kier molecular flexibility index (Phi) is 4.68. The zero-order valence-electron chi connectivity index (χ0n) is 17.4. The molecule has 5 rings (SSSR count). The molecule has 4 heterocycles. The average molecular weight is 406 g/mol. The first-order valence-electron chi connectivity index (χ1n) is 10.8. The predicted octanol–water partition coefficient (Wildman–Crippen LogP) is 2.29. The summed E-state index contributed by atoms with van der Waals surface area (Å²) in [5.74, 6) is 0.690. The van der Waals surface area contributed by atoms with Crippen LogP contribution in [0.3, 0.4) is 0 Å². The van der Waals surface area contributed by atoms with Crippen molar-refractivity contribution in [1.82, 2.24) is 20.6 Å². The molecule has 0 aliphatic carbocycles. The van der Waals surface area contributed by atoms with E-state index in [1.807, 2.05) is 24.3 Å². The van der Waals surface area contributed by atoms with E-state index in [4.69, 9.17) is 9.97 Å². The van der Waals surface area contributed by atoms with E-state index in [-0.39, 0.29) is 17.7 Å². The number of aromatic nitrogens is 2. The highest BCUT2D eigenvalue weighted by Gasteiger charge is 2.33. The van der Waals surface area contributed by atoms with Gasteiger partial charge in [-0.3, -0.25) is 9.59 Å². The Hall–Kier alpha value is -2.96. The molecule has 156 valence electrons. The van der Waals surface area contributed by atoms with Crippen molar-refractivity contribution in [2.24, 2.45) is 0 Å². The second-order valence-corrected chi connectivity index (χ2v) is 8.71. The standard InChI is InChI=1S/C23H27N5O2/c1-13-3-4-14(2)28(13)23-26-18(20-19(27-23)12-25-22(20)30)11-15-5-7-16(8-6-15)17-9-10-24-21(17)29/h5-8,13-14,17H,3-4,9-12H2,1-2H3,(H,24,29)(H,25,30)/t13-,14-,17-/m1/s1. The molecule has 1 aromatic heterocycles. The number of nitrogens with zero attached hydrogens (tertiary/aromatic N) is 3. The molecule has 0 saturated carbocycles. The molecule has 3 aliphatic heterocycles. The monoisotopic (exact) mass is 405 g/mol. The van der Waals surface area contributed by atoms with Gasteiger partial charge in [0.2, 0.25) is 11.9 Å². The van der Waals surface area contributed by atoms with Crippen LogP contribution in [0.2, 0.25) is 0 Å². The maximum absolute atomic E-state index is 12.5. The Bertz CT molecular complexity index is 993. The minimum absolute atomic E-state index is 0.0575. The highest BCUT2D eigenvalue weighted by atomic mass is 16.2. The molecule has 7 nitrogen and oxygen atoms in total. The normalized spacial score (nSPS) is 25.4. The van der Waals surface area contributed by atoms with Gasteiger partial charge < -0.3 is 15.5 Å². The molecule has 0 bridgehead atoms. The third-order valence-corrected chi connectivity index (χ3v) is 6.68. The van der Waals surface area contributed by atoms with Crippen LogP contribution in [0.15, 0.2) is 24.3 Å². The Balaban J connectivity index is 1.46. The summed E-state index contributed by atoms with van der Waals surface area (Å²) in [5, 5.41) is 5.79. The summed E-state index contributed by atoms with van der Waals surface area (Å²) in [6, 6.07) is 8.93. The van der Waals surface area contributed by atoms with E-state index < -0.39 is 0 Å². The van der Waals surface area contributed by atoms with Crippen LogP contribution < -0.4 is 15.5 Å². The Morgan fingerprint density at radius 2 is 1.73 bits per heavy atom. The molecule has 0 spiro atoms. The van der Waals surface area contributed by atoms with Gasteiger partial charge in [0.25, 0.3) is 5.91 Å². The summed E-state index contributed by atoms with van der Waals surface area (Å²) in [5.41, 5.74) is 4.32. The summed E-state index contributed by atoms with van der Waals surface area (Å²) in [6.07, 6.45) is 3.67. The van der Waals surface area contributed by atoms with Crippen molar-refractivity contribution in [1.29, 1.82) is 0 Å². The van der Waals surface area contributed by atoms with Gasteiger partial charge in [0.15, 0.2) is 0 Å². The molecule has 2 aromatic rings. The molecule has 30 heavy (non-hydrogen) atoms. The van der Waals surface area contributed by atoms with Crippen LogP contribution in [0.25, 0.3) is 0 Å². The topological polar surface area (TPSA) is 87.2 Å². The molecule has 0 unspecified atom stereocenters.